The van der Waals surface area contributed by atoms with Crippen LogP contribution in [0.25, 0.3) is 16.5 Å². The van der Waals surface area contributed by atoms with E-state index in [9.17, 15) is 9.59 Å². The van der Waals surface area contributed by atoms with Crippen molar-refractivity contribution < 1.29 is 19.8 Å². The molecule has 25 heavy (non-hydrogen) atoms. The number of nitrogens with one attached hydrogen (secondary N) is 1. The molecule has 1 aromatic heterocycles. The molecule has 0 saturated carbocycles. The fraction of sp³-hybridized carbons (Fsp3) is 0.263. The van der Waals surface area contributed by atoms with Crippen molar-refractivity contribution in [2.45, 2.75) is 18.9 Å². The third kappa shape index (κ3) is 3.49. The first-order chi connectivity index (χ1) is 12.0. The van der Waals surface area contributed by atoms with Crippen LogP contribution in [0.4, 0.5) is 0 Å². The summed E-state index contributed by atoms with van der Waals surface area (Å²) in [6.45, 7) is 1.18. The average Bonchev–Trinajstić information content (AvgIpc) is 2.99. The maximum atomic E-state index is 9.55. The zero-order chi connectivity index (χ0) is 18.0. The predicted octanol–water partition coefficient (Wildman–Crippen LogP) is 2.52. The van der Waals surface area contributed by atoms with Gasteiger partial charge in [-0.15, -0.1) is 0 Å². The molecule has 3 N–H and O–H groups in total. The third-order valence-corrected chi connectivity index (χ3v) is 4.62. The van der Waals surface area contributed by atoms with Gasteiger partial charge in [0.1, 0.15) is 0 Å². The first-order valence-corrected chi connectivity index (χ1v) is 8.11. The Morgan fingerprint density at radius 3 is 2.64 bits per heavy atom. The topological polar surface area (TPSA) is 93.6 Å². The minimum atomic E-state index is -1.26. The largest absolute Gasteiger partial charge is 0.478 e. The number of carbonyl (C=O) groups is 2. The Labute approximate surface area is 145 Å². The van der Waals surface area contributed by atoms with Gasteiger partial charge in [0.15, 0.2) is 0 Å². The number of H-pyrrole nitrogens is 1. The van der Waals surface area contributed by atoms with Crippen LogP contribution in [0.5, 0.6) is 0 Å². The van der Waals surface area contributed by atoms with Crippen LogP contribution in [-0.2, 0) is 16.0 Å². The summed E-state index contributed by atoms with van der Waals surface area (Å²) in [5.74, 6) is -2.51. The van der Waals surface area contributed by atoms with E-state index in [0.29, 0.717) is 18.2 Å². The highest BCUT2D eigenvalue weighted by Gasteiger charge is 2.30. The number of likely N-dealkylation sites (N-methyl/N-ethyl adjacent to an activating group) is 1. The molecule has 1 aliphatic heterocycles. The van der Waals surface area contributed by atoms with E-state index in [0.717, 1.165) is 6.42 Å². The zero-order valence-electron chi connectivity index (χ0n) is 13.9. The number of fused-ring (bicyclic) bond motifs is 2. The number of rotatable bonds is 2. The highest BCUT2D eigenvalue weighted by atomic mass is 16.4. The van der Waals surface area contributed by atoms with Gasteiger partial charge < -0.3 is 15.2 Å². The second-order valence-corrected chi connectivity index (χ2v) is 6.20. The zero-order valence-corrected chi connectivity index (χ0v) is 13.9. The minimum Gasteiger partial charge on any atom is -0.478 e. The van der Waals surface area contributed by atoms with Gasteiger partial charge >= 0.3 is 11.9 Å². The summed E-state index contributed by atoms with van der Waals surface area (Å²) in [4.78, 5) is 25.0. The van der Waals surface area contributed by atoms with E-state index in [4.69, 9.17) is 10.2 Å². The van der Waals surface area contributed by atoms with Crippen LogP contribution in [0, 0.1) is 0 Å². The Hall–Kier alpha value is -2.86. The first-order valence-electron chi connectivity index (χ1n) is 8.11. The van der Waals surface area contributed by atoms with Gasteiger partial charge in [-0.25, -0.2) is 9.59 Å². The van der Waals surface area contributed by atoms with E-state index in [1.807, 2.05) is 0 Å². The van der Waals surface area contributed by atoms with Crippen molar-refractivity contribution in [3.8, 4) is 0 Å². The predicted molar refractivity (Wildman–Crippen MR) is 95.4 cm³/mol. The van der Waals surface area contributed by atoms with Crippen LogP contribution < -0.4 is 0 Å². The molecular formula is C19H20N2O4. The average molecular weight is 340 g/mol. The molecular weight excluding hydrogens is 320 g/mol. The number of aliphatic carboxylic acids is 2. The molecule has 0 fully saturated rings. The Morgan fingerprint density at radius 2 is 1.96 bits per heavy atom. The Balaban J connectivity index is 0.000000197. The van der Waals surface area contributed by atoms with Crippen molar-refractivity contribution in [3.05, 3.63) is 53.8 Å². The molecule has 0 amide bonds. The van der Waals surface area contributed by atoms with Gasteiger partial charge in [-0.2, -0.15) is 0 Å². The lowest BCUT2D eigenvalue weighted by molar-refractivity contribution is -0.134. The van der Waals surface area contributed by atoms with Crippen molar-refractivity contribution in [2.75, 3.05) is 13.6 Å². The van der Waals surface area contributed by atoms with E-state index in [1.165, 1.54) is 40.6 Å². The molecule has 1 aromatic carbocycles. The molecule has 130 valence electrons. The molecule has 2 aliphatic rings. The molecule has 6 heteroatoms. The second kappa shape index (κ2) is 6.94. The SMILES string of the molecule is CN1CCC=C2c3cccc4[nH]cc(c34)C[C@H]21.O=C(O)/C=C\C(=O)O. The number of carboxylic acid groups (broad SMARTS) is 2. The van der Waals surface area contributed by atoms with Crippen LogP contribution in [0.15, 0.2) is 42.6 Å². The number of hydrogen-bond acceptors (Lipinski definition) is 3. The van der Waals surface area contributed by atoms with E-state index in [-0.39, 0.29) is 0 Å². The molecule has 6 nitrogen and oxygen atoms in total. The fourth-order valence-corrected chi connectivity index (χ4v) is 3.52. The summed E-state index contributed by atoms with van der Waals surface area (Å²) in [6.07, 6.45) is 8.07. The van der Waals surface area contributed by atoms with Crippen molar-refractivity contribution >= 4 is 28.4 Å². The lowest BCUT2D eigenvalue weighted by Gasteiger charge is -2.36. The van der Waals surface area contributed by atoms with E-state index in [2.05, 4.69) is 47.4 Å². The molecule has 0 spiro atoms. The minimum absolute atomic E-state index is 0.558. The highest BCUT2D eigenvalue weighted by molar-refractivity contribution is 5.98. The number of carboxylic acids is 2. The van der Waals surface area contributed by atoms with Gasteiger partial charge in [0.25, 0.3) is 0 Å². The highest BCUT2D eigenvalue weighted by Crippen LogP contribution is 2.39. The summed E-state index contributed by atoms with van der Waals surface area (Å²) in [7, 11) is 2.25. The molecule has 4 rings (SSSR count). The summed E-state index contributed by atoms with van der Waals surface area (Å²) in [5.41, 5.74) is 5.74. The molecule has 2 aromatic rings. The van der Waals surface area contributed by atoms with Gasteiger partial charge in [-0.05, 0) is 42.7 Å². The number of hydrogen-bond donors (Lipinski definition) is 3. The maximum absolute atomic E-state index is 9.55. The summed E-state index contributed by atoms with van der Waals surface area (Å²) >= 11 is 0. The number of aromatic amines is 1. The molecule has 0 saturated heterocycles. The fourth-order valence-electron chi connectivity index (χ4n) is 3.52. The van der Waals surface area contributed by atoms with Crippen LogP contribution in [0.1, 0.15) is 17.5 Å². The summed E-state index contributed by atoms with van der Waals surface area (Å²) in [6, 6.07) is 7.19. The molecule has 1 aliphatic carbocycles. The Morgan fingerprint density at radius 1 is 1.24 bits per heavy atom. The van der Waals surface area contributed by atoms with Crippen molar-refractivity contribution in [3.63, 3.8) is 0 Å². The number of nitrogens with zero attached hydrogens (tertiary/aromatic N) is 1. The van der Waals surface area contributed by atoms with Crippen molar-refractivity contribution in [1.29, 1.82) is 0 Å². The number of benzene rings is 1. The lowest BCUT2D eigenvalue weighted by Crippen LogP contribution is -2.39. The van der Waals surface area contributed by atoms with E-state index in [1.54, 1.807) is 0 Å². The van der Waals surface area contributed by atoms with Crippen LogP contribution in [-0.4, -0.2) is 51.7 Å². The quantitative estimate of drug-likeness (QED) is 0.731. The maximum Gasteiger partial charge on any atom is 0.328 e. The first kappa shape index (κ1) is 17.0. The standard InChI is InChI=1S/C15H16N2.C4H4O4/c1-17-7-3-5-11-12-4-2-6-13-15(12)10(9-16-13)8-14(11)17;5-3(6)1-2-4(7)8/h2,4-6,9,14,16H,3,7-8H2,1H3;1-2H,(H,5,6)(H,7,8)/b;2-1-/t14-;/m1./s1. The second-order valence-electron chi connectivity index (χ2n) is 6.20. The van der Waals surface area contributed by atoms with Crippen LogP contribution in [0.3, 0.4) is 0 Å². The molecule has 0 unspecified atom stereocenters. The normalized spacial score (nSPS) is 19.1. The Kier molecular flexibility index (Phi) is 4.72. The van der Waals surface area contributed by atoms with Crippen LogP contribution >= 0.6 is 0 Å². The lowest BCUT2D eigenvalue weighted by atomic mass is 9.82. The van der Waals surface area contributed by atoms with Gasteiger partial charge in [-0.3, -0.25) is 4.90 Å². The van der Waals surface area contributed by atoms with Gasteiger partial charge in [0, 0.05) is 41.8 Å². The molecule has 2 heterocycles. The monoisotopic (exact) mass is 340 g/mol. The summed E-state index contributed by atoms with van der Waals surface area (Å²) in [5, 5.41) is 17.1. The molecule has 1 atom stereocenters. The molecule has 0 bridgehead atoms. The smallest absolute Gasteiger partial charge is 0.328 e. The Bertz CT molecular complexity index is 863. The van der Waals surface area contributed by atoms with E-state index >= 15 is 0 Å². The van der Waals surface area contributed by atoms with Crippen LogP contribution in [0.2, 0.25) is 0 Å². The van der Waals surface area contributed by atoms with Gasteiger partial charge in [0.05, 0.1) is 0 Å². The van der Waals surface area contributed by atoms with Crippen molar-refractivity contribution in [2.24, 2.45) is 0 Å². The van der Waals surface area contributed by atoms with Gasteiger partial charge in [0.2, 0.25) is 0 Å². The number of aromatic nitrogens is 1. The summed E-state index contributed by atoms with van der Waals surface area (Å²) < 4.78 is 0. The third-order valence-electron chi connectivity index (χ3n) is 4.62. The van der Waals surface area contributed by atoms with Crippen molar-refractivity contribution in [1.82, 2.24) is 9.88 Å². The molecule has 0 radical (unpaired) electrons. The van der Waals surface area contributed by atoms with E-state index < -0.39 is 11.9 Å². The van der Waals surface area contributed by atoms with Gasteiger partial charge in [-0.1, -0.05) is 18.2 Å².